The molecule has 0 unspecified atom stereocenters. The van der Waals surface area contributed by atoms with E-state index in [1.54, 1.807) is 12.1 Å². The van der Waals surface area contributed by atoms with Crippen LogP contribution in [0.5, 0.6) is 11.5 Å². The van der Waals surface area contributed by atoms with Crippen LogP contribution in [0.4, 0.5) is 0 Å². The third kappa shape index (κ3) is 10.4. The van der Waals surface area contributed by atoms with Crippen molar-refractivity contribution < 1.29 is 67.3 Å². The molecular weight excluding hydrogens is 826 g/mol. The molecule has 8 bridgehead atoms. The van der Waals surface area contributed by atoms with Gasteiger partial charge in [0.25, 0.3) is 0 Å². The second kappa shape index (κ2) is 19.9. The van der Waals surface area contributed by atoms with E-state index in [0.717, 1.165) is 27.8 Å². The van der Waals surface area contributed by atoms with E-state index in [4.69, 9.17) is 25.9 Å². The van der Waals surface area contributed by atoms with Gasteiger partial charge in [0.2, 0.25) is 5.72 Å². The zero-order valence-corrected chi connectivity index (χ0v) is 38.8. The number of guanidine groups is 1. The van der Waals surface area contributed by atoms with Crippen molar-refractivity contribution in [3.8, 4) is 23.3 Å². The first-order valence-electron chi connectivity index (χ1n) is 21.7. The molecule has 326 valence electrons. The van der Waals surface area contributed by atoms with Gasteiger partial charge in [-0.15, -0.1) is 0 Å². The molecule has 7 aliphatic rings. The Hall–Kier alpha value is -4.16. The first-order valence-corrected chi connectivity index (χ1v) is 23.2. The van der Waals surface area contributed by atoms with Crippen LogP contribution in [0, 0.1) is 35.5 Å². The SMILES string of the molecule is CC[C@H]1C[C@@H](S(=O)(=O)[O-])[C@H]2C=C3C[C@@H](C[C@H]4C[C@H](CO)CC#Cc5cc(O)ccc5[C@@H]3O4)[C@@H]2c2ccc(cc2)[C@](C[C@H](CO)Cc2ccccc2)(N=C(N)N)Oc2ccc1cc2.[Na+]. The van der Waals surface area contributed by atoms with Crippen LogP contribution in [0.3, 0.4) is 0 Å². The normalized spacial score (nSPS) is 28.0. The molecule has 4 aromatic rings. The van der Waals surface area contributed by atoms with Crippen LogP contribution < -0.4 is 45.8 Å². The third-order valence-electron chi connectivity index (χ3n) is 13.5. The summed E-state index contributed by atoms with van der Waals surface area (Å²) in [5.41, 5.74) is 16.6. The van der Waals surface area contributed by atoms with Gasteiger partial charge in [-0.2, -0.15) is 0 Å². The standard InChI is InChI=1S/C50H57N3O8S.Na/c1-2-34-27-46(62(57,58)59)45-26-39-23-38(25-43-22-32(29-54)9-6-10-37-24-41(56)17-20-44(37)48(39)60-43)47(45)36-11-15-40(16-12-36)50(53-49(51)52,61-42-18-13-35(34)14-19-42)28-33(30-55)21-31-7-4-3-5-8-31;/h3-5,7-8,11-20,24,26,32-34,38,43,45-48,54-56H,2,9,21-23,25,27-30H2,1H3,(H4,51,52,53)(H,57,58,59);/q;+1/p-1/t32-,33-,34+,38+,43-,45-,46-,47+,48-,50-;/m1./s1. The maximum absolute atomic E-state index is 13.8. The fraction of sp³-hybridized carbons (Fsp3) is 0.420. The molecule has 0 aromatic heterocycles. The molecule has 0 amide bonds. The summed E-state index contributed by atoms with van der Waals surface area (Å²) in [6.07, 6.45) is 4.63. The molecule has 10 atom stereocenters. The summed E-state index contributed by atoms with van der Waals surface area (Å²) in [5, 5.41) is 30.5. The second-order valence-electron chi connectivity index (χ2n) is 17.7. The average molecular weight is 882 g/mol. The van der Waals surface area contributed by atoms with Crippen molar-refractivity contribution in [3.05, 3.63) is 142 Å². The van der Waals surface area contributed by atoms with Crippen LogP contribution in [-0.2, 0) is 27.0 Å². The van der Waals surface area contributed by atoms with Crippen molar-refractivity contribution in [2.75, 3.05) is 13.2 Å². The van der Waals surface area contributed by atoms with Crippen molar-refractivity contribution in [1.82, 2.24) is 0 Å². The number of fused-ring (bicyclic) bond motifs is 7. The molecule has 6 heterocycles. The van der Waals surface area contributed by atoms with Crippen LogP contribution in [0.2, 0.25) is 0 Å². The van der Waals surface area contributed by atoms with Gasteiger partial charge < -0.3 is 40.8 Å². The minimum atomic E-state index is -4.88. The van der Waals surface area contributed by atoms with Crippen LogP contribution in [0.15, 0.2) is 114 Å². The summed E-state index contributed by atoms with van der Waals surface area (Å²) in [7, 11) is -4.88. The number of hydrogen-bond acceptors (Lipinski definition) is 9. The summed E-state index contributed by atoms with van der Waals surface area (Å²) in [6, 6.07) is 30.2. The number of aliphatic hydroxyl groups excluding tert-OH is 2. The van der Waals surface area contributed by atoms with E-state index in [0.29, 0.717) is 55.4 Å². The van der Waals surface area contributed by atoms with E-state index in [1.807, 2.05) is 97.9 Å². The van der Waals surface area contributed by atoms with Gasteiger partial charge in [0.05, 0.1) is 21.5 Å². The molecular formula is C50H56N3NaO8S. The average Bonchev–Trinajstić information content (AvgIpc) is 3.38. The Kier molecular flexibility index (Phi) is 14.8. The van der Waals surface area contributed by atoms with E-state index in [1.165, 1.54) is 0 Å². The Bertz CT molecular complexity index is 2450. The van der Waals surface area contributed by atoms with E-state index in [2.05, 4.69) is 11.8 Å². The predicted octanol–water partition coefficient (Wildman–Crippen LogP) is 3.88. The fourth-order valence-corrected chi connectivity index (χ4v) is 11.7. The van der Waals surface area contributed by atoms with Crippen LogP contribution >= 0.6 is 0 Å². The van der Waals surface area contributed by atoms with Crippen molar-refractivity contribution in [3.63, 3.8) is 0 Å². The summed E-state index contributed by atoms with van der Waals surface area (Å²) >= 11 is 0. The number of aliphatic imine (C=N–C) groups is 1. The predicted molar refractivity (Wildman–Crippen MR) is 237 cm³/mol. The summed E-state index contributed by atoms with van der Waals surface area (Å²) in [6.45, 7) is 1.77. The van der Waals surface area contributed by atoms with E-state index in [9.17, 15) is 28.3 Å². The van der Waals surface area contributed by atoms with E-state index >= 15 is 0 Å². The second-order valence-corrected chi connectivity index (χ2v) is 19.3. The number of benzene rings is 4. The fourth-order valence-electron chi connectivity index (χ4n) is 10.6. The Morgan fingerprint density at radius 1 is 0.968 bits per heavy atom. The molecule has 1 fully saturated rings. The summed E-state index contributed by atoms with van der Waals surface area (Å²) < 4.78 is 55.5. The summed E-state index contributed by atoms with van der Waals surface area (Å²) in [4.78, 5) is 4.81. The largest absolute Gasteiger partial charge is 1.00 e. The Balaban J connectivity index is 0.00000595. The molecule has 6 aliphatic heterocycles. The smallest absolute Gasteiger partial charge is 0.748 e. The number of nitrogens with two attached hydrogens (primary N) is 2. The monoisotopic (exact) mass is 881 g/mol. The Morgan fingerprint density at radius 3 is 2.37 bits per heavy atom. The van der Waals surface area contributed by atoms with Gasteiger partial charge in [0, 0.05) is 42.7 Å². The summed E-state index contributed by atoms with van der Waals surface area (Å²) in [5.74, 6) is 4.75. The Labute approximate surface area is 393 Å². The molecule has 1 saturated heterocycles. The van der Waals surface area contributed by atoms with E-state index in [-0.39, 0.29) is 97.1 Å². The number of ether oxygens (including phenoxy) is 2. The quantitative estimate of drug-likeness (QED) is 0.0411. The van der Waals surface area contributed by atoms with Gasteiger partial charge in [-0.05, 0) is 121 Å². The van der Waals surface area contributed by atoms with Crippen LogP contribution in [0.25, 0.3) is 0 Å². The van der Waals surface area contributed by atoms with Gasteiger partial charge in [0.1, 0.15) is 17.6 Å². The molecule has 11 nitrogen and oxygen atoms in total. The van der Waals surface area contributed by atoms with Crippen molar-refractivity contribution in [1.29, 1.82) is 0 Å². The minimum absolute atomic E-state index is 0. The van der Waals surface area contributed by atoms with Gasteiger partial charge in [-0.25, -0.2) is 13.4 Å². The van der Waals surface area contributed by atoms with Crippen molar-refractivity contribution >= 4 is 16.1 Å². The number of hydrogen-bond donors (Lipinski definition) is 5. The third-order valence-corrected chi connectivity index (χ3v) is 14.8. The number of allylic oxidation sites excluding steroid dienone is 1. The van der Waals surface area contributed by atoms with Crippen LogP contribution in [-0.4, -0.2) is 58.8 Å². The molecule has 13 heteroatoms. The molecule has 11 rings (SSSR count). The first kappa shape index (κ1) is 46.8. The zero-order valence-electron chi connectivity index (χ0n) is 36.0. The molecule has 1 aliphatic carbocycles. The zero-order chi connectivity index (χ0) is 43.6. The maximum Gasteiger partial charge on any atom is 1.00 e. The molecule has 0 saturated carbocycles. The number of phenols is 1. The molecule has 63 heavy (non-hydrogen) atoms. The first-order chi connectivity index (χ1) is 29.9. The number of rotatable bonds is 9. The number of phenolic OH excluding ortho intramolecular Hbond substituents is 1. The van der Waals surface area contributed by atoms with Gasteiger partial charge >= 0.3 is 29.6 Å². The number of nitrogens with zero attached hydrogens (tertiary/aromatic N) is 1. The molecule has 4 aromatic carbocycles. The minimum Gasteiger partial charge on any atom is -0.748 e. The topological polar surface area (TPSA) is 201 Å². The van der Waals surface area contributed by atoms with E-state index < -0.39 is 39.0 Å². The van der Waals surface area contributed by atoms with Gasteiger partial charge in [-0.1, -0.05) is 97.6 Å². The number of aromatic hydroxyl groups is 1. The maximum atomic E-state index is 13.8. The van der Waals surface area contributed by atoms with Gasteiger partial charge in [0.15, 0.2) is 5.96 Å². The van der Waals surface area contributed by atoms with Crippen molar-refractivity contribution in [2.45, 2.75) is 93.3 Å². The number of aliphatic hydroxyl groups is 2. The van der Waals surface area contributed by atoms with Crippen molar-refractivity contribution in [2.24, 2.45) is 40.1 Å². The molecule has 0 radical (unpaired) electrons. The van der Waals surface area contributed by atoms with Gasteiger partial charge in [-0.3, -0.25) is 0 Å². The molecule has 7 N–H and O–H groups in total. The molecule has 0 spiro atoms. The van der Waals surface area contributed by atoms with Crippen LogP contribution in [0.1, 0.15) is 103 Å². The Morgan fingerprint density at radius 2 is 1.70 bits per heavy atom.